The standard InChI is InChI=1S/C10H21N3O2S/c1-3-10(2)12-16(14,15)9-8-13-6-4-11-5-7-13/h3,10-12H,1,4-9H2,2H3. The molecule has 5 nitrogen and oxygen atoms in total. The zero-order chi connectivity index (χ0) is 12.0. The molecule has 0 saturated carbocycles. The first-order chi connectivity index (χ1) is 7.53. The summed E-state index contributed by atoms with van der Waals surface area (Å²) < 4.78 is 25.8. The second-order valence-electron chi connectivity index (χ2n) is 4.05. The van der Waals surface area contributed by atoms with Crippen molar-refractivity contribution in [2.24, 2.45) is 0 Å². The van der Waals surface area contributed by atoms with E-state index in [4.69, 9.17) is 0 Å². The Hall–Kier alpha value is -0.430. The number of sulfonamides is 1. The summed E-state index contributed by atoms with van der Waals surface area (Å²) >= 11 is 0. The molecule has 0 aromatic rings. The van der Waals surface area contributed by atoms with Gasteiger partial charge < -0.3 is 5.32 Å². The van der Waals surface area contributed by atoms with Gasteiger partial charge in [-0.1, -0.05) is 6.08 Å². The molecule has 2 N–H and O–H groups in total. The van der Waals surface area contributed by atoms with Crippen LogP contribution in [0, 0.1) is 0 Å². The van der Waals surface area contributed by atoms with Crippen LogP contribution in [0.5, 0.6) is 0 Å². The Labute approximate surface area is 97.9 Å². The molecule has 0 spiro atoms. The number of nitrogens with one attached hydrogen (secondary N) is 2. The molecule has 0 radical (unpaired) electrons. The molecule has 1 fully saturated rings. The minimum absolute atomic E-state index is 0.158. The van der Waals surface area contributed by atoms with Gasteiger partial charge in [-0.3, -0.25) is 4.90 Å². The third-order valence-corrected chi connectivity index (χ3v) is 4.06. The molecular formula is C10H21N3O2S. The predicted octanol–water partition coefficient (Wildman–Crippen LogP) is -0.614. The van der Waals surface area contributed by atoms with Crippen molar-refractivity contribution in [2.45, 2.75) is 13.0 Å². The first kappa shape index (κ1) is 13.6. The highest BCUT2D eigenvalue weighted by molar-refractivity contribution is 7.89. The van der Waals surface area contributed by atoms with E-state index < -0.39 is 10.0 Å². The van der Waals surface area contributed by atoms with Gasteiger partial charge in [-0.15, -0.1) is 6.58 Å². The molecule has 1 saturated heterocycles. The van der Waals surface area contributed by atoms with E-state index in [9.17, 15) is 8.42 Å². The molecule has 1 atom stereocenters. The summed E-state index contributed by atoms with van der Waals surface area (Å²) in [6.45, 7) is 9.65. The number of rotatable bonds is 6. The van der Waals surface area contributed by atoms with Crippen molar-refractivity contribution in [2.75, 3.05) is 38.5 Å². The number of hydrogen-bond acceptors (Lipinski definition) is 4. The molecular weight excluding hydrogens is 226 g/mol. The lowest BCUT2D eigenvalue weighted by atomic mass is 10.4. The van der Waals surface area contributed by atoms with E-state index in [0.29, 0.717) is 6.54 Å². The Morgan fingerprint density at radius 2 is 2.12 bits per heavy atom. The Morgan fingerprint density at radius 3 is 2.69 bits per heavy atom. The second kappa shape index (κ2) is 6.34. The maximum absolute atomic E-state index is 11.6. The van der Waals surface area contributed by atoms with Crippen LogP contribution in [0.1, 0.15) is 6.92 Å². The van der Waals surface area contributed by atoms with E-state index in [1.807, 2.05) is 0 Å². The van der Waals surface area contributed by atoms with E-state index in [-0.39, 0.29) is 11.8 Å². The van der Waals surface area contributed by atoms with Gasteiger partial charge in [0.1, 0.15) is 0 Å². The normalized spacial score (nSPS) is 20.6. The summed E-state index contributed by atoms with van der Waals surface area (Å²) in [7, 11) is -3.18. The van der Waals surface area contributed by atoms with Crippen LogP contribution in [0.25, 0.3) is 0 Å². The molecule has 1 aliphatic rings. The second-order valence-corrected chi connectivity index (χ2v) is 5.93. The van der Waals surface area contributed by atoms with Gasteiger partial charge in [0.15, 0.2) is 0 Å². The van der Waals surface area contributed by atoms with Gasteiger partial charge in [-0.25, -0.2) is 13.1 Å². The quantitative estimate of drug-likeness (QED) is 0.615. The predicted molar refractivity (Wildman–Crippen MR) is 65.9 cm³/mol. The van der Waals surface area contributed by atoms with Gasteiger partial charge >= 0.3 is 0 Å². The molecule has 0 amide bonds. The third-order valence-electron chi connectivity index (χ3n) is 2.60. The number of piperazine rings is 1. The lowest BCUT2D eigenvalue weighted by molar-refractivity contribution is 0.253. The fourth-order valence-electron chi connectivity index (χ4n) is 1.57. The molecule has 6 heteroatoms. The zero-order valence-corrected chi connectivity index (χ0v) is 10.6. The average molecular weight is 247 g/mol. The van der Waals surface area contributed by atoms with E-state index in [2.05, 4.69) is 21.5 Å². The molecule has 0 bridgehead atoms. The van der Waals surface area contributed by atoms with Crippen molar-refractivity contribution in [3.8, 4) is 0 Å². The first-order valence-corrected chi connectivity index (χ1v) is 7.24. The van der Waals surface area contributed by atoms with Gasteiger partial charge in [0.05, 0.1) is 5.75 Å². The maximum atomic E-state index is 11.6. The molecule has 1 heterocycles. The number of nitrogens with zero attached hydrogens (tertiary/aromatic N) is 1. The lowest BCUT2D eigenvalue weighted by Gasteiger charge is -2.27. The fourth-order valence-corrected chi connectivity index (χ4v) is 2.85. The number of hydrogen-bond donors (Lipinski definition) is 2. The fraction of sp³-hybridized carbons (Fsp3) is 0.800. The highest BCUT2D eigenvalue weighted by Crippen LogP contribution is 1.96. The average Bonchev–Trinajstić information content (AvgIpc) is 2.27. The van der Waals surface area contributed by atoms with Crippen LogP contribution < -0.4 is 10.0 Å². The lowest BCUT2D eigenvalue weighted by Crippen LogP contribution is -2.46. The largest absolute Gasteiger partial charge is 0.314 e. The Kier molecular flexibility index (Phi) is 5.40. The highest BCUT2D eigenvalue weighted by Gasteiger charge is 2.16. The molecule has 1 rings (SSSR count). The van der Waals surface area contributed by atoms with Crippen LogP contribution in [-0.2, 0) is 10.0 Å². The Morgan fingerprint density at radius 1 is 1.50 bits per heavy atom. The van der Waals surface area contributed by atoms with Gasteiger partial charge in [0.25, 0.3) is 0 Å². The summed E-state index contributed by atoms with van der Waals surface area (Å²) in [5.74, 6) is 0.158. The molecule has 0 aromatic carbocycles. The zero-order valence-electron chi connectivity index (χ0n) is 9.78. The van der Waals surface area contributed by atoms with Crippen LogP contribution in [0.15, 0.2) is 12.7 Å². The summed E-state index contributed by atoms with van der Waals surface area (Å²) in [4.78, 5) is 2.16. The van der Waals surface area contributed by atoms with E-state index in [1.54, 1.807) is 13.0 Å². The van der Waals surface area contributed by atoms with Gasteiger partial charge in [-0.2, -0.15) is 0 Å². The van der Waals surface area contributed by atoms with Gasteiger partial charge in [-0.05, 0) is 6.92 Å². The van der Waals surface area contributed by atoms with Crippen molar-refractivity contribution >= 4 is 10.0 Å². The summed E-state index contributed by atoms with van der Waals surface area (Å²) in [6.07, 6.45) is 1.59. The summed E-state index contributed by atoms with van der Waals surface area (Å²) in [5.41, 5.74) is 0. The first-order valence-electron chi connectivity index (χ1n) is 5.59. The maximum Gasteiger partial charge on any atom is 0.213 e. The van der Waals surface area contributed by atoms with Crippen molar-refractivity contribution in [3.63, 3.8) is 0 Å². The molecule has 1 unspecified atom stereocenters. The minimum Gasteiger partial charge on any atom is -0.314 e. The van der Waals surface area contributed by atoms with E-state index in [1.165, 1.54) is 0 Å². The summed E-state index contributed by atoms with van der Waals surface area (Å²) in [5, 5.41) is 3.23. The molecule has 1 aliphatic heterocycles. The van der Waals surface area contributed by atoms with Crippen LogP contribution in [-0.4, -0.2) is 57.8 Å². The highest BCUT2D eigenvalue weighted by atomic mass is 32.2. The van der Waals surface area contributed by atoms with Crippen molar-refractivity contribution < 1.29 is 8.42 Å². The van der Waals surface area contributed by atoms with Crippen molar-refractivity contribution in [1.29, 1.82) is 0 Å². The topological polar surface area (TPSA) is 61.4 Å². The monoisotopic (exact) mass is 247 g/mol. The molecule has 0 aromatic heterocycles. The molecule has 0 aliphatic carbocycles. The molecule has 94 valence electrons. The van der Waals surface area contributed by atoms with Crippen LogP contribution in [0.2, 0.25) is 0 Å². The third kappa shape index (κ3) is 5.07. The van der Waals surface area contributed by atoms with Gasteiger partial charge in [0, 0.05) is 38.8 Å². The summed E-state index contributed by atoms with van der Waals surface area (Å²) in [6, 6.07) is -0.201. The van der Waals surface area contributed by atoms with E-state index in [0.717, 1.165) is 26.2 Å². The van der Waals surface area contributed by atoms with Crippen LogP contribution in [0.4, 0.5) is 0 Å². The van der Waals surface area contributed by atoms with Crippen molar-refractivity contribution in [3.05, 3.63) is 12.7 Å². The van der Waals surface area contributed by atoms with Crippen LogP contribution >= 0.6 is 0 Å². The Bertz CT molecular complexity index is 310. The Balaban J connectivity index is 2.32. The molecule has 16 heavy (non-hydrogen) atoms. The SMILES string of the molecule is C=CC(C)NS(=O)(=O)CCN1CCNCC1. The minimum atomic E-state index is -3.18. The van der Waals surface area contributed by atoms with Gasteiger partial charge in [0.2, 0.25) is 10.0 Å². The smallest absolute Gasteiger partial charge is 0.213 e. The van der Waals surface area contributed by atoms with E-state index >= 15 is 0 Å². The van der Waals surface area contributed by atoms with Crippen molar-refractivity contribution in [1.82, 2.24) is 14.9 Å². The van der Waals surface area contributed by atoms with Crippen LogP contribution in [0.3, 0.4) is 0 Å².